The van der Waals surface area contributed by atoms with Crippen LogP contribution in [0.15, 0.2) is 18.2 Å². The molecule has 0 saturated carbocycles. The molecule has 0 bridgehead atoms. The Kier molecular flexibility index (Phi) is 4.77. The van der Waals surface area contributed by atoms with Crippen molar-refractivity contribution in [3.63, 3.8) is 0 Å². The first-order valence-corrected chi connectivity index (χ1v) is 6.95. The van der Waals surface area contributed by atoms with Crippen molar-refractivity contribution in [3.05, 3.63) is 29.6 Å². The Morgan fingerprint density at radius 2 is 2.05 bits per heavy atom. The Morgan fingerprint density at radius 3 is 2.58 bits per heavy atom. The van der Waals surface area contributed by atoms with Crippen LogP contribution in [0.1, 0.15) is 31.2 Å². The first-order chi connectivity index (χ1) is 9.17. The quantitative estimate of drug-likeness (QED) is 0.889. The van der Waals surface area contributed by atoms with Crippen molar-refractivity contribution in [1.82, 2.24) is 4.90 Å². The van der Waals surface area contributed by atoms with Crippen LogP contribution in [0.3, 0.4) is 0 Å². The van der Waals surface area contributed by atoms with Gasteiger partial charge in [0, 0.05) is 12.6 Å². The van der Waals surface area contributed by atoms with Gasteiger partial charge in [0.15, 0.2) is 11.6 Å². The van der Waals surface area contributed by atoms with Crippen molar-refractivity contribution in [1.29, 1.82) is 0 Å². The van der Waals surface area contributed by atoms with Gasteiger partial charge < -0.3 is 10.5 Å². The first-order valence-electron chi connectivity index (χ1n) is 6.95. The van der Waals surface area contributed by atoms with Crippen molar-refractivity contribution >= 4 is 0 Å². The van der Waals surface area contributed by atoms with Crippen LogP contribution in [-0.4, -0.2) is 37.7 Å². The zero-order chi connectivity index (χ0) is 13.8. The van der Waals surface area contributed by atoms with E-state index in [9.17, 15) is 4.39 Å². The molecule has 2 atom stereocenters. The predicted octanol–water partition coefficient (Wildman–Crippen LogP) is 2.36. The molecule has 0 spiro atoms. The summed E-state index contributed by atoms with van der Waals surface area (Å²) in [7, 11) is 1.48. The van der Waals surface area contributed by atoms with Crippen molar-refractivity contribution < 1.29 is 9.13 Å². The lowest BCUT2D eigenvalue weighted by molar-refractivity contribution is 0.221. The molecule has 2 rings (SSSR count). The van der Waals surface area contributed by atoms with Crippen LogP contribution in [0.5, 0.6) is 5.75 Å². The van der Waals surface area contributed by atoms with Gasteiger partial charge in [-0.1, -0.05) is 13.0 Å². The van der Waals surface area contributed by atoms with Crippen LogP contribution in [0.2, 0.25) is 0 Å². The Morgan fingerprint density at radius 1 is 1.37 bits per heavy atom. The van der Waals surface area contributed by atoms with Gasteiger partial charge >= 0.3 is 0 Å². The van der Waals surface area contributed by atoms with Crippen LogP contribution in [0.4, 0.5) is 4.39 Å². The van der Waals surface area contributed by atoms with E-state index >= 15 is 0 Å². The lowest BCUT2D eigenvalue weighted by atomic mass is 9.92. The molecular formula is C15H23FN2O. The maximum absolute atomic E-state index is 13.8. The fraction of sp³-hybridized carbons (Fsp3) is 0.600. The zero-order valence-corrected chi connectivity index (χ0v) is 11.7. The first kappa shape index (κ1) is 14.3. The fourth-order valence-corrected chi connectivity index (χ4v) is 2.93. The third kappa shape index (κ3) is 3.07. The van der Waals surface area contributed by atoms with E-state index in [1.54, 1.807) is 12.1 Å². The smallest absolute Gasteiger partial charge is 0.165 e. The second-order valence-corrected chi connectivity index (χ2v) is 5.23. The van der Waals surface area contributed by atoms with E-state index in [4.69, 9.17) is 10.5 Å². The van der Waals surface area contributed by atoms with Crippen LogP contribution in [0, 0.1) is 5.82 Å². The minimum atomic E-state index is -0.302. The van der Waals surface area contributed by atoms with Crippen LogP contribution < -0.4 is 10.5 Å². The van der Waals surface area contributed by atoms with Crippen LogP contribution >= 0.6 is 0 Å². The summed E-state index contributed by atoms with van der Waals surface area (Å²) < 4.78 is 18.7. The lowest BCUT2D eigenvalue weighted by Gasteiger charge is -2.32. The highest BCUT2D eigenvalue weighted by Gasteiger charge is 2.27. The van der Waals surface area contributed by atoms with Crippen LogP contribution in [0.25, 0.3) is 0 Å². The molecule has 3 nitrogen and oxygen atoms in total. The number of nitrogens with two attached hydrogens (primary N) is 1. The highest BCUT2D eigenvalue weighted by Crippen LogP contribution is 2.28. The van der Waals surface area contributed by atoms with E-state index in [1.165, 1.54) is 20.0 Å². The minimum Gasteiger partial charge on any atom is -0.494 e. The van der Waals surface area contributed by atoms with Gasteiger partial charge in [-0.2, -0.15) is 0 Å². The summed E-state index contributed by atoms with van der Waals surface area (Å²) in [6, 6.07) is 5.49. The minimum absolute atomic E-state index is 0.225. The second kappa shape index (κ2) is 6.35. The van der Waals surface area contributed by atoms with Crippen molar-refractivity contribution in [2.24, 2.45) is 5.73 Å². The van der Waals surface area contributed by atoms with Crippen molar-refractivity contribution in [3.8, 4) is 5.75 Å². The summed E-state index contributed by atoms with van der Waals surface area (Å²) in [5.41, 5.74) is 6.91. The van der Waals surface area contributed by atoms with E-state index in [1.807, 2.05) is 6.07 Å². The van der Waals surface area contributed by atoms with Gasteiger partial charge in [0.05, 0.1) is 7.11 Å². The number of rotatable bonds is 5. The number of hydrogen-bond acceptors (Lipinski definition) is 3. The SMILES string of the molecule is COc1ccc(C(C)C(CN)N2CCCC2)cc1F. The molecule has 1 fully saturated rings. The Hall–Kier alpha value is -1.13. The summed E-state index contributed by atoms with van der Waals surface area (Å²) in [5.74, 6) is 0.217. The molecule has 2 unspecified atom stereocenters. The standard InChI is InChI=1S/C15H23FN2O/c1-11(14(10-17)18-7-3-4-8-18)12-5-6-15(19-2)13(16)9-12/h5-6,9,11,14H,3-4,7-8,10,17H2,1-2H3. The molecule has 1 saturated heterocycles. The molecule has 1 heterocycles. The number of hydrogen-bond donors (Lipinski definition) is 1. The highest BCUT2D eigenvalue weighted by atomic mass is 19.1. The molecule has 0 aliphatic carbocycles. The average molecular weight is 266 g/mol. The molecule has 1 aromatic rings. The maximum Gasteiger partial charge on any atom is 0.165 e. The normalized spacial score (nSPS) is 19.4. The van der Waals surface area contributed by atoms with E-state index in [2.05, 4.69) is 11.8 Å². The van der Waals surface area contributed by atoms with Gasteiger partial charge in [-0.15, -0.1) is 0 Å². The highest BCUT2D eigenvalue weighted by molar-refractivity contribution is 5.31. The summed E-state index contributed by atoms with van der Waals surface area (Å²) in [4.78, 5) is 2.42. The topological polar surface area (TPSA) is 38.5 Å². The Labute approximate surface area is 114 Å². The van der Waals surface area contributed by atoms with Gasteiger partial charge in [-0.3, -0.25) is 4.90 Å². The summed E-state index contributed by atoms with van der Waals surface area (Å²) in [6.07, 6.45) is 2.47. The van der Waals surface area contributed by atoms with Crippen LogP contribution in [-0.2, 0) is 0 Å². The summed E-state index contributed by atoms with van der Waals surface area (Å²) in [6.45, 7) is 4.93. The van der Waals surface area contributed by atoms with Crippen molar-refractivity contribution in [2.45, 2.75) is 31.7 Å². The number of methoxy groups -OCH3 is 1. The van der Waals surface area contributed by atoms with Gasteiger partial charge in [0.2, 0.25) is 0 Å². The van der Waals surface area contributed by atoms with Gasteiger partial charge in [0.25, 0.3) is 0 Å². The predicted molar refractivity (Wildman–Crippen MR) is 75.0 cm³/mol. The largest absolute Gasteiger partial charge is 0.494 e. The number of halogens is 1. The molecule has 19 heavy (non-hydrogen) atoms. The van der Waals surface area contributed by atoms with Crippen molar-refractivity contribution in [2.75, 3.05) is 26.7 Å². The second-order valence-electron chi connectivity index (χ2n) is 5.23. The lowest BCUT2D eigenvalue weighted by Crippen LogP contribution is -2.42. The molecule has 1 aliphatic rings. The number of ether oxygens (including phenoxy) is 1. The van der Waals surface area contributed by atoms with E-state index in [0.29, 0.717) is 12.3 Å². The van der Waals surface area contributed by atoms with E-state index in [0.717, 1.165) is 18.7 Å². The molecule has 0 aromatic heterocycles. The molecule has 0 amide bonds. The molecule has 0 radical (unpaired) electrons. The van der Waals surface area contributed by atoms with Gasteiger partial charge in [-0.05, 0) is 49.5 Å². The Balaban J connectivity index is 2.16. The summed E-state index contributed by atoms with van der Waals surface area (Å²) in [5, 5.41) is 0. The molecule has 4 heteroatoms. The molecule has 106 valence electrons. The monoisotopic (exact) mass is 266 g/mol. The van der Waals surface area contributed by atoms with E-state index in [-0.39, 0.29) is 17.8 Å². The Bertz CT molecular complexity index is 419. The fourth-order valence-electron chi connectivity index (χ4n) is 2.93. The van der Waals surface area contributed by atoms with Gasteiger partial charge in [-0.25, -0.2) is 4.39 Å². The van der Waals surface area contributed by atoms with E-state index < -0.39 is 0 Å². The average Bonchev–Trinajstić information content (AvgIpc) is 2.93. The van der Waals surface area contributed by atoms with Gasteiger partial charge in [0.1, 0.15) is 0 Å². The number of nitrogens with zero attached hydrogens (tertiary/aromatic N) is 1. The maximum atomic E-state index is 13.8. The molecule has 2 N–H and O–H groups in total. The zero-order valence-electron chi connectivity index (χ0n) is 11.7. The summed E-state index contributed by atoms with van der Waals surface area (Å²) >= 11 is 0. The molecule has 1 aromatic carbocycles. The molecular weight excluding hydrogens is 243 g/mol. The molecule has 1 aliphatic heterocycles. The third-order valence-corrected chi connectivity index (χ3v) is 4.13. The number of likely N-dealkylation sites (tertiary alicyclic amines) is 1. The third-order valence-electron chi connectivity index (χ3n) is 4.13. The number of benzene rings is 1.